The van der Waals surface area contributed by atoms with Gasteiger partial charge in [-0.2, -0.15) is 0 Å². The Morgan fingerprint density at radius 3 is 2.63 bits per heavy atom. The van der Waals surface area contributed by atoms with Gasteiger partial charge in [0.25, 0.3) is 0 Å². The molecule has 1 aliphatic rings. The van der Waals surface area contributed by atoms with Crippen molar-refractivity contribution in [2.45, 2.75) is 31.6 Å². The SMILES string of the molecule is CCOC(=O)c1oc2ccc(S(=O)(=O)NCC3(COC)CCNCC3)cc2c1C.Cl. The number of nitrogens with one attached hydrogen (secondary N) is 2. The van der Waals surface area contributed by atoms with Crippen LogP contribution >= 0.6 is 12.4 Å². The van der Waals surface area contributed by atoms with E-state index >= 15 is 0 Å². The van der Waals surface area contributed by atoms with Crippen molar-refractivity contribution < 1.29 is 27.1 Å². The number of hydrogen-bond acceptors (Lipinski definition) is 7. The Morgan fingerprint density at radius 2 is 2.00 bits per heavy atom. The minimum atomic E-state index is -3.73. The van der Waals surface area contributed by atoms with Crippen molar-refractivity contribution in [1.82, 2.24) is 10.0 Å². The first-order valence-electron chi connectivity index (χ1n) is 9.71. The van der Waals surface area contributed by atoms with Crippen LogP contribution in [0.4, 0.5) is 0 Å². The van der Waals surface area contributed by atoms with E-state index in [4.69, 9.17) is 13.9 Å². The molecular formula is C20H29ClN2O6S. The summed E-state index contributed by atoms with van der Waals surface area (Å²) in [6.45, 7) is 6.14. The van der Waals surface area contributed by atoms with E-state index in [1.54, 1.807) is 27.0 Å². The molecule has 0 radical (unpaired) electrons. The molecule has 0 amide bonds. The Balaban J connectivity index is 0.00000320. The highest BCUT2D eigenvalue weighted by atomic mass is 35.5. The predicted octanol–water partition coefficient (Wildman–Crippen LogP) is 2.63. The Hall–Kier alpha value is -1.65. The zero-order valence-corrected chi connectivity index (χ0v) is 19.1. The van der Waals surface area contributed by atoms with Crippen LogP contribution in [-0.4, -0.2) is 54.3 Å². The van der Waals surface area contributed by atoms with Crippen LogP contribution in [0.25, 0.3) is 11.0 Å². The normalized spacial score (nSPS) is 16.2. The van der Waals surface area contributed by atoms with Crippen LogP contribution < -0.4 is 10.0 Å². The number of hydrogen-bond donors (Lipinski definition) is 2. The molecule has 0 bridgehead atoms. The first-order chi connectivity index (χ1) is 13.8. The lowest BCUT2D eigenvalue weighted by Gasteiger charge is -2.37. The lowest BCUT2D eigenvalue weighted by molar-refractivity contribution is 0.0491. The second-order valence-electron chi connectivity index (χ2n) is 7.44. The van der Waals surface area contributed by atoms with Crippen molar-refractivity contribution in [3.63, 3.8) is 0 Å². The van der Waals surface area contributed by atoms with Crippen LogP contribution in [0.1, 0.15) is 35.9 Å². The van der Waals surface area contributed by atoms with E-state index in [-0.39, 0.29) is 35.1 Å². The van der Waals surface area contributed by atoms with E-state index in [2.05, 4.69) is 10.0 Å². The molecule has 0 saturated carbocycles. The molecule has 0 unspecified atom stereocenters. The summed E-state index contributed by atoms with van der Waals surface area (Å²) in [4.78, 5) is 12.2. The number of piperidine rings is 1. The summed E-state index contributed by atoms with van der Waals surface area (Å²) in [5.74, 6) is -0.464. The Labute approximate surface area is 183 Å². The van der Waals surface area contributed by atoms with E-state index in [1.165, 1.54) is 12.1 Å². The molecule has 30 heavy (non-hydrogen) atoms. The fraction of sp³-hybridized carbons (Fsp3) is 0.550. The monoisotopic (exact) mass is 460 g/mol. The number of halogens is 1. The molecule has 1 saturated heterocycles. The topological polar surface area (TPSA) is 107 Å². The molecule has 1 aromatic carbocycles. The summed E-state index contributed by atoms with van der Waals surface area (Å²) >= 11 is 0. The van der Waals surface area contributed by atoms with Gasteiger partial charge in [0.05, 0.1) is 18.1 Å². The van der Waals surface area contributed by atoms with Gasteiger partial charge in [0, 0.05) is 30.0 Å². The summed E-state index contributed by atoms with van der Waals surface area (Å²) in [6.07, 6.45) is 1.68. The minimum absolute atomic E-state index is 0. The first kappa shape index (κ1) is 24.6. The second kappa shape index (κ2) is 10.1. The Morgan fingerprint density at radius 1 is 1.30 bits per heavy atom. The zero-order valence-electron chi connectivity index (χ0n) is 17.4. The van der Waals surface area contributed by atoms with Gasteiger partial charge in [0.2, 0.25) is 15.8 Å². The summed E-state index contributed by atoms with van der Waals surface area (Å²) < 4.78 is 44.5. The van der Waals surface area contributed by atoms with Crippen molar-refractivity contribution in [1.29, 1.82) is 0 Å². The van der Waals surface area contributed by atoms with Crippen LogP contribution in [0.15, 0.2) is 27.5 Å². The summed E-state index contributed by atoms with van der Waals surface area (Å²) in [6, 6.07) is 4.58. The molecule has 0 atom stereocenters. The van der Waals surface area contributed by atoms with Gasteiger partial charge in [-0.25, -0.2) is 17.9 Å². The molecule has 2 N–H and O–H groups in total. The van der Waals surface area contributed by atoms with E-state index in [0.717, 1.165) is 25.9 Å². The third-order valence-corrected chi connectivity index (χ3v) is 6.83. The number of furan rings is 1. The Kier molecular flexibility index (Phi) is 8.29. The number of aryl methyl sites for hydroxylation is 1. The fourth-order valence-electron chi connectivity index (χ4n) is 3.73. The third-order valence-electron chi connectivity index (χ3n) is 5.43. The number of fused-ring (bicyclic) bond motifs is 1. The lowest BCUT2D eigenvalue weighted by atomic mass is 9.80. The lowest BCUT2D eigenvalue weighted by Crippen LogP contribution is -2.47. The van der Waals surface area contributed by atoms with Crippen LogP contribution in [0.5, 0.6) is 0 Å². The number of benzene rings is 1. The zero-order chi connectivity index (χ0) is 21.1. The van der Waals surface area contributed by atoms with E-state index in [0.29, 0.717) is 29.7 Å². The molecule has 2 heterocycles. The first-order valence-corrected chi connectivity index (χ1v) is 11.2. The quantitative estimate of drug-likeness (QED) is 0.583. The van der Waals surface area contributed by atoms with Gasteiger partial charge in [0.1, 0.15) is 5.58 Å². The summed E-state index contributed by atoms with van der Waals surface area (Å²) in [7, 11) is -2.10. The molecule has 3 rings (SSSR count). The highest BCUT2D eigenvalue weighted by Crippen LogP contribution is 2.30. The van der Waals surface area contributed by atoms with Gasteiger partial charge < -0.3 is 19.2 Å². The molecular weight excluding hydrogens is 432 g/mol. The van der Waals surface area contributed by atoms with Crippen LogP contribution in [0.2, 0.25) is 0 Å². The number of methoxy groups -OCH3 is 1. The van der Waals surface area contributed by atoms with Crippen molar-refractivity contribution in [2.24, 2.45) is 5.41 Å². The highest BCUT2D eigenvalue weighted by molar-refractivity contribution is 7.89. The van der Waals surface area contributed by atoms with Crippen LogP contribution in [0.3, 0.4) is 0 Å². The maximum atomic E-state index is 12.9. The molecule has 1 aliphatic heterocycles. The van der Waals surface area contributed by atoms with E-state index in [9.17, 15) is 13.2 Å². The molecule has 0 aliphatic carbocycles. The summed E-state index contributed by atoms with van der Waals surface area (Å²) in [5, 5.41) is 3.87. The molecule has 8 nitrogen and oxygen atoms in total. The molecule has 168 valence electrons. The molecule has 1 fully saturated rings. The molecule has 2 aromatic rings. The summed E-state index contributed by atoms with van der Waals surface area (Å²) in [5.41, 5.74) is 0.781. The standard InChI is InChI=1S/C20H28N2O6S.ClH/c1-4-27-19(23)18-14(2)16-11-15(5-6-17(16)28-18)29(24,25)22-12-20(13-26-3)7-9-21-10-8-20;/h5-6,11,21-22H,4,7-10,12-13H2,1-3H3;1H. The average molecular weight is 461 g/mol. The fourth-order valence-corrected chi connectivity index (χ4v) is 4.91. The Bertz CT molecular complexity index is 977. The van der Waals surface area contributed by atoms with Crippen molar-refractivity contribution in [2.75, 3.05) is 40.0 Å². The van der Waals surface area contributed by atoms with Gasteiger partial charge in [0.15, 0.2) is 0 Å². The predicted molar refractivity (Wildman–Crippen MR) is 116 cm³/mol. The van der Waals surface area contributed by atoms with Gasteiger partial charge in [-0.05, 0) is 58.0 Å². The maximum Gasteiger partial charge on any atom is 0.374 e. The smallest absolute Gasteiger partial charge is 0.374 e. The number of carbonyl (C=O) groups is 1. The van der Waals surface area contributed by atoms with Crippen molar-refractivity contribution in [3.8, 4) is 0 Å². The number of esters is 1. The van der Waals surface area contributed by atoms with Gasteiger partial charge >= 0.3 is 5.97 Å². The van der Waals surface area contributed by atoms with Gasteiger partial charge in [-0.1, -0.05) is 0 Å². The van der Waals surface area contributed by atoms with Crippen molar-refractivity contribution >= 4 is 39.4 Å². The number of carbonyl (C=O) groups excluding carboxylic acids is 1. The number of ether oxygens (including phenoxy) is 2. The minimum Gasteiger partial charge on any atom is -0.460 e. The molecule has 1 aromatic heterocycles. The van der Waals surface area contributed by atoms with Gasteiger partial charge in [-0.3, -0.25) is 0 Å². The maximum absolute atomic E-state index is 12.9. The average Bonchev–Trinajstić information content (AvgIpc) is 3.04. The van der Waals surface area contributed by atoms with Crippen LogP contribution in [0, 0.1) is 12.3 Å². The van der Waals surface area contributed by atoms with E-state index in [1.807, 2.05) is 0 Å². The molecule has 10 heteroatoms. The number of sulfonamides is 1. The van der Waals surface area contributed by atoms with Crippen molar-refractivity contribution in [3.05, 3.63) is 29.5 Å². The third kappa shape index (κ3) is 5.15. The second-order valence-corrected chi connectivity index (χ2v) is 9.21. The molecule has 0 spiro atoms. The number of rotatable bonds is 8. The largest absolute Gasteiger partial charge is 0.460 e. The van der Waals surface area contributed by atoms with Crippen LogP contribution in [-0.2, 0) is 19.5 Å². The highest BCUT2D eigenvalue weighted by Gasteiger charge is 2.33. The van der Waals surface area contributed by atoms with Gasteiger partial charge in [-0.15, -0.1) is 12.4 Å². The van der Waals surface area contributed by atoms with E-state index < -0.39 is 16.0 Å².